The fourth-order valence-electron chi connectivity index (χ4n) is 4.41. The lowest BCUT2D eigenvalue weighted by Gasteiger charge is -2.53. The molecule has 0 amide bonds. The van der Waals surface area contributed by atoms with Crippen LogP contribution in [0.2, 0.25) is 29.7 Å². The van der Waals surface area contributed by atoms with E-state index in [9.17, 15) is 0 Å². The highest BCUT2D eigenvalue weighted by molar-refractivity contribution is 7.02. The van der Waals surface area contributed by atoms with E-state index in [1.54, 1.807) is 0 Å². The molecule has 0 saturated carbocycles. The second-order valence-electron chi connectivity index (χ2n) is 7.48. The average Bonchev–Trinajstić information content (AvgIpc) is 2.27. The molecule has 114 valence electrons. The number of hydrogen-bond acceptors (Lipinski definition) is 1. The van der Waals surface area contributed by atoms with Crippen LogP contribution in [0, 0.1) is 0 Å². The molecule has 0 aliphatic rings. The summed E-state index contributed by atoms with van der Waals surface area (Å²) in [7, 11) is -2.89. The lowest BCUT2D eigenvalue weighted by molar-refractivity contribution is 0.687. The molecular formula is C16H37NSi2. The van der Waals surface area contributed by atoms with Gasteiger partial charge in [-0.25, -0.2) is 0 Å². The lowest BCUT2D eigenvalue weighted by atomic mass is 10.5. The summed E-state index contributed by atoms with van der Waals surface area (Å²) in [5.41, 5.74) is 4.73. The van der Waals surface area contributed by atoms with Crippen LogP contribution in [0.25, 0.3) is 0 Å². The first-order valence-electron chi connectivity index (χ1n) is 7.95. The van der Waals surface area contributed by atoms with E-state index in [1.807, 2.05) is 0 Å². The summed E-state index contributed by atoms with van der Waals surface area (Å²) in [6.45, 7) is 27.3. The van der Waals surface area contributed by atoms with Crippen LogP contribution < -0.4 is 5.32 Å². The quantitative estimate of drug-likeness (QED) is 0.611. The van der Waals surface area contributed by atoms with Crippen molar-refractivity contribution in [2.75, 3.05) is 6.54 Å². The Labute approximate surface area is 124 Å². The third-order valence-corrected chi connectivity index (χ3v) is 18.9. The first-order chi connectivity index (χ1) is 8.58. The average molecular weight is 300 g/mol. The molecule has 0 aromatic heterocycles. The van der Waals surface area contributed by atoms with E-state index in [-0.39, 0.29) is 0 Å². The summed E-state index contributed by atoms with van der Waals surface area (Å²) in [5, 5.41) is 4.64. The van der Waals surface area contributed by atoms with Crippen molar-refractivity contribution in [2.45, 2.75) is 83.5 Å². The Kier molecular flexibility index (Phi) is 7.28. The Morgan fingerprint density at radius 2 is 1.32 bits per heavy atom. The summed E-state index contributed by atoms with van der Waals surface area (Å²) < 4.78 is 0. The van der Waals surface area contributed by atoms with E-state index < -0.39 is 16.1 Å². The van der Waals surface area contributed by atoms with Crippen molar-refractivity contribution in [2.24, 2.45) is 0 Å². The molecule has 0 bridgehead atoms. The Balaban J connectivity index is 5.95. The number of rotatable bonds is 8. The van der Waals surface area contributed by atoms with Gasteiger partial charge in [-0.2, -0.15) is 0 Å². The minimum atomic E-state index is -1.46. The predicted molar refractivity (Wildman–Crippen MR) is 96.2 cm³/mol. The summed E-state index contributed by atoms with van der Waals surface area (Å²) in [6, 6.07) is 0. The lowest BCUT2D eigenvalue weighted by Crippen LogP contribution is -2.70. The van der Waals surface area contributed by atoms with Gasteiger partial charge in [-0.3, -0.25) is 0 Å². The van der Waals surface area contributed by atoms with Gasteiger partial charge in [-0.1, -0.05) is 61.6 Å². The van der Waals surface area contributed by atoms with Crippen LogP contribution in [0.15, 0.2) is 12.3 Å². The third-order valence-electron chi connectivity index (χ3n) is 5.18. The van der Waals surface area contributed by atoms with E-state index in [4.69, 9.17) is 0 Å². The Bertz CT molecular complexity index is 261. The van der Waals surface area contributed by atoms with Crippen LogP contribution >= 0.6 is 0 Å². The van der Waals surface area contributed by atoms with Gasteiger partial charge in [0, 0.05) is 5.29 Å². The van der Waals surface area contributed by atoms with E-state index >= 15 is 0 Å². The highest BCUT2D eigenvalue weighted by atomic mass is 28.4. The highest BCUT2D eigenvalue weighted by Gasteiger charge is 2.53. The molecule has 19 heavy (non-hydrogen) atoms. The predicted octanol–water partition coefficient (Wildman–Crippen LogP) is 5.16. The minimum absolute atomic E-state index is 0.725. The number of nitrogens with one attached hydrogen (secondary N) is 1. The van der Waals surface area contributed by atoms with Crippen molar-refractivity contribution in [1.82, 2.24) is 5.32 Å². The highest BCUT2D eigenvalue weighted by Crippen LogP contribution is 2.46. The zero-order valence-electron chi connectivity index (χ0n) is 14.8. The summed E-state index contributed by atoms with van der Waals surface area (Å²) in [4.78, 5) is 0. The molecule has 1 N–H and O–H groups in total. The van der Waals surface area contributed by atoms with E-state index in [1.165, 1.54) is 0 Å². The van der Waals surface area contributed by atoms with Gasteiger partial charge in [0.2, 0.25) is 0 Å². The third kappa shape index (κ3) is 3.62. The molecule has 1 unspecified atom stereocenters. The second-order valence-corrected chi connectivity index (χ2v) is 18.7. The van der Waals surface area contributed by atoms with Crippen molar-refractivity contribution < 1.29 is 0 Å². The first kappa shape index (κ1) is 19.1. The Hall–Kier alpha value is 0.134. The molecule has 0 spiro atoms. The van der Waals surface area contributed by atoms with Gasteiger partial charge >= 0.3 is 0 Å². The maximum absolute atomic E-state index is 4.17. The number of hydrogen-bond donors (Lipinski definition) is 1. The van der Waals surface area contributed by atoms with E-state index in [2.05, 4.69) is 79.2 Å². The molecule has 1 atom stereocenters. The zero-order chi connectivity index (χ0) is 15.4. The van der Waals surface area contributed by atoms with Gasteiger partial charge in [0.05, 0.1) is 16.1 Å². The molecule has 0 rings (SSSR count). The monoisotopic (exact) mass is 299 g/mol. The maximum Gasteiger partial charge on any atom is 0.0855 e. The standard InChI is InChI=1S/C16H37NSi2/c1-11-17-16(18(9,10)12-2)19(13(3)4,14(5)6)15(7)8/h12-17H,2,11H2,1,3-10H3. The van der Waals surface area contributed by atoms with Crippen LogP contribution in [0.3, 0.4) is 0 Å². The van der Waals surface area contributed by atoms with Crippen LogP contribution in [-0.4, -0.2) is 28.0 Å². The largest absolute Gasteiger partial charge is 0.319 e. The smallest absolute Gasteiger partial charge is 0.0855 e. The van der Waals surface area contributed by atoms with Gasteiger partial charge < -0.3 is 5.32 Å². The van der Waals surface area contributed by atoms with Gasteiger partial charge in [0.25, 0.3) is 0 Å². The molecular weight excluding hydrogens is 262 g/mol. The van der Waals surface area contributed by atoms with Crippen LogP contribution in [0.1, 0.15) is 48.5 Å². The van der Waals surface area contributed by atoms with Gasteiger partial charge in [0.1, 0.15) is 0 Å². The summed E-state index contributed by atoms with van der Waals surface area (Å²) in [5.74, 6) is 0. The van der Waals surface area contributed by atoms with Gasteiger partial charge in [-0.15, -0.1) is 12.3 Å². The van der Waals surface area contributed by atoms with E-state index in [0.717, 1.165) is 28.5 Å². The topological polar surface area (TPSA) is 12.0 Å². The van der Waals surface area contributed by atoms with Gasteiger partial charge in [0.15, 0.2) is 0 Å². The van der Waals surface area contributed by atoms with Crippen molar-refractivity contribution in [1.29, 1.82) is 0 Å². The molecule has 0 aliphatic heterocycles. The first-order valence-corrected chi connectivity index (χ1v) is 13.4. The van der Waals surface area contributed by atoms with Crippen molar-refractivity contribution in [3.8, 4) is 0 Å². The van der Waals surface area contributed by atoms with E-state index in [0.29, 0.717) is 0 Å². The Morgan fingerprint density at radius 1 is 0.947 bits per heavy atom. The van der Waals surface area contributed by atoms with Gasteiger partial charge in [-0.05, 0) is 23.2 Å². The van der Waals surface area contributed by atoms with Crippen molar-refractivity contribution >= 4 is 16.1 Å². The van der Waals surface area contributed by atoms with Crippen LogP contribution in [-0.2, 0) is 0 Å². The molecule has 0 heterocycles. The van der Waals surface area contributed by atoms with Crippen molar-refractivity contribution in [3.63, 3.8) is 0 Å². The molecule has 0 fully saturated rings. The van der Waals surface area contributed by atoms with Crippen LogP contribution in [0.4, 0.5) is 0 Å². The molecule has 0 aromatic carbocycles. The molecule has 1 nitrogen and oxygen atoms in total. The molecule has 3 heteroatoms. The van der Waals surface area contributed by atoms with Crippen molar-refractivity contribution in [3.05, 3.63) is 12.3 Å². The Morgan fingerprint density at radius 3 is 1.53 bits per heavy atom. The molecule has 0 aliphatic carbocycles. The maximum atomic E-state index is 4.17. The van der Waals surface area contributed by atoms with Crippen LogP contribution in [0.5, 0.6) is 0 Å². The SMILES string of the molecule is C=C[Si](C)(C)C(NCC)[Si](C(C)C)(C(C)C)C(C)C. The fourth-order valence-corrected chi connectivity index (χ4v) is 20.4. The summed E-state index contributed by atoms with van der Waals surface area (Å²) >= 11 is 0. The normalized spacial score (nSPS) is 15.4. The molecule has 0 saturated heterocycles. The molecule has 0 aromatic rings. The zero-order valence-corrected chi connectivity index (χ0v) is 16.8. The molecule has 0 radical (unpaired) electrons. The minimum Gasteiger partial charge on any atom is -0.319 e. The second kappa shape index (κ2) is 7.23. The fraction of sp³-hybridized carbons (Fsp3) is 0.875. The summed E-state index contributed by atoms with van der Waals surface area (Å²) in [6.07, 6.45) is 0.